The summed E-state index contributed by atoms with van der Waals surface area (Å²) in [6.07, 6.45) is 1.06. The summed E-state index contributed by atoms with van der Waals surface area (Å²) >= 11 is 0. The number of piperazine rings is 1. The van der Waals surface area contributed by atoms with Gasteiger partial charge in [0.15, 0.2) is 0 Å². The van der Waals surface area contributed by atoms with Crippen molar-refractivity contribution < 1.29 is 32.3 Å². The number of rotatable bonds is 14. The van der Waals surface area contributed by atoms with Gasteiger partial charge in [-0.15, -0.1) is 0 Å². The molecule has 57 heavy (non-hydrogen) atoms. The van der Waals surface area contributed by atoms with Crippen molar-refractivity contribution in [3.05, 3.63) is 135 Å². The summed E-state index contributed by atoms with van der Waals surface area (Å²) in [4.78, 5) is 53.9. The Hall–Kier alpha value is -5.86. The van der Waals surface area contributed by atoms with Crippen LogP contribution in [0.4, 0.5) is 13.2 Å². The second-order valence-electron chi connectivity index (χ2n) is 13.1. The van der Waals surface area contributed by atoms with Gasteiger partial charge in [0, 0.05) is 51.1 Å². The molecule has 0 bridgehead atoms. The standard InChI is InChI=1S/C41H41F3N6O5.C2H6/c1-2-26-6-5-7-28(20-26)29-23-34(43)38(35(44)24-29)40(53)46-13-19-55-18-12-45-25-37(51)49-14-16-50(17-15-49)41(54)32-21-27(10-11-33(32)42)22-36-30-8-3-4-9-31(30)39(52)48-47-36;1-2/h3-11,20-21,23-24,45H,2,12-19,22,25H2,1H3,(H,46,53)(H,48,52);1-2H3. The molecule has 300 valence electrons. The smallest absolute Gasteiger partial charge is 0.272 e. The average molecular weight is 785 g/mol. The number of aryl methyl sites for hydroxylation is 1. The van der Waals surface area contributed by atoms with E-state index in [1.54, 1.807) is 41.3 Å². The zero-order valence-electron chi connectivity index (χ0n) is 32.3. The predicted octanol–water partition coefficient (Wildman–Crippen LogP) is 5.51. The summed E-state index contributed by atoms with van der Waals surface area (Å²) in [5.74, 6) is -4.08. The lowest BCUT2D eigenvalue weighted by Gasteiger charge is -2.35. The number of nitrogens with zero attached hydrogens (tertiary/aromatic N) is 3. The number of nitrogens with one attached hydrogen (secondary N) is 3. The van der Waals surface area contributed by atoms with Crippen LogP contribution in [0, 0.1) is 17.5 Å². The number of carbonyl (C=O) groups is 3. The number of aromatic nitrogens is 2. The molecule has 1 aromatic heterocycles. The highest BCUT2D eigenvalue weighted by molar-refractivity contribution is 5.96. The summed E-state index contributed by atoms with van der Waals surface area (Å²) in [5.41, 5.74) is 2.24. The molecule has 1 aliphatic heterocycles. The number of hydrogen-bond donors (Lipinski definition) is 3. The molecule has 11 nitrogen and oxygen atoms in total. The van der Waals surface area contributed by atoms with Gasteiger partial charge >= 0.3 is 0 Å². The van der Waals surface area contributed by atoms with Gasteiger partial charge in [-0.3, -0.25) is 19.2 Å². The number of aromatic amines is 1. The van der Waals surface area contributed by atoms with Gasteiger partial charge in [-0.1, -0.05) is 69.3 Å². The number of halogens is 3. The van der Waals surface area contributed by atoms with Gasteiger partial charge in [0.1, 0.15) is 23.0 Å². The van der Waals surface area contributed by atoms with Gasteiger partial charge in [-0.05, 0) is 59.0 Å². The highest BCUT2D eigenvalue weighted by Crippen LogP contribution is 2.26. The highest BCUT2D eigenvalue weighted by atomic mass is 19.1. The zero-order chi connectivity index (χ0) is 40.9. The van der Waals surface area contributed by atoms with Crippen molar-refractivity contribution in [1.29, 1.82) is 0 Å². The summed E-state index contributed by atoms with van der Waals surface area (Å²) in [6.45, 7) is 7.74. The molecule has 0 atom stereocenters. The number of carbonyl (C=O) groups excluding carboxylic acids is 3. The molecular weight excluding hydrogens is 738 g/mol. The van der Waals surface area contributed by atoms with Crippen molar-refractivity contribution in [2.24, 2.45) is 0 Å². The first-order valence-electron chi connectivity index (χ1n) is 19.1. The molecule has 0 saturated carbocycles. The van der Waals surface area contributed by atoms with Crippen LogP contribution in [0.2, 0.25) is 0 Å². The molecule has 1 aliphatic rings. The lowest BCUT2D eigenvalue weighted by atomic mass is 10.00. The number of hydrogen-bond acceptors (Lipinski definition) is 7. The maximum Gasteiger partial charge on any atom is 0.272 e. The van der Waals surface area contributed by atoms with Crippen LogP contribution in [0.1, 0.15) is 58.3 Å². The van der Waals surface area contributed by atoms with Crippen molar-refractivity contribution in [2.75, 3.05) is 59.0 Å². The van der Waals surface area contributed by atoms with Crippen LogP contribution in [0.3, 0.4) is 0 Å². The van der Waals surface area contributed by atoms with E-state index in [1.165, 1.54) is 17.0 Å². The van der Waals surface area contributed by atoms with Crippen molar-refractivity contribution in [3.8, 4) is 11.1 Å². The lowest BCUT2D eigenvalue weighted by molar-refractivity contribution is -0.131. The molecule has 5 aromatic rings. The van der Waals surface area contributed by atoms with Gasteiger partial charge < -0.3 is 25.2 Å². The van der Waals surface area contributed by atoms with E-state index in [0.29, 0.717) is 39.7 Å². The summed E-state index contributed by atoms with van der Waals surface area (Å²) < 4.78 is 49.9. The second-order valence-corrected chi connectivity index (χ2v) is 13.1. The van der Waals surface area contributed by atoms with E-state index >= 15 is 0 Å². The molecule has 14 heteroatoms. The third-order valence-corrected chi connectivity index (χ3v) is 9.50. The minimum atomic E-state index is -0.955. The third-order valence-electron chi connectivity index (χ3n) is 9.50. The number of H-pyrrole nitrogens is 1. The Morgan fingerprint density at radius 2 is 1.46 bits per heavy atom. The molecule has 1 fully saturated rings. The third kappa shape index (κ3) is 10.7. The molecule has 0 aliphatic carbocycles. The summed E-state index contributed by atoms with van der Waals surface area (Å²) in [6, 6.07) is 21.0. The second kappa shape index (κ2) is 20.3. The van der Waals surface area contributed by atoms with Crippen molar-refractivity contribution in [1.82, 2.24) is 30.6 Å². The summed E-state index contributed by atoms with van der Waals surface area (Å²) in [5, 5.41) is 13.3. The molecule has 3 N–H and O–H groups in total. The van der Waals surface area contributed by atoms with Gasteiger partial charge in [-0.2, -0.15) is 5.10 Å². The van der Waals surface area contributed by atoms with Crippen LogP contribution < -0.4 is 16.2 Å². The molecule has 1 saturated heterocycles. The minimum absolute atomic E-state index is 0.0254. The van der Waals surface area contributed by atoms with Crippen LogP contribution in [0.5, 0.6) is 0 Å². The first-order valence-corrected chi connectivity index (χ1v) is 19.1. The average Bonchev–Trinajstić information content (AvgIpc) is 3.23. The molecule has 0 radical (unpaired) electrons. The molecule has 6 rings (SSSR count). The molecule has 3 amide bonds. The van der Waals surface area contributed by atoms with Crippen LogP contribution >= 0.6 is 0 Å². The van der Waals surface area contributed by atoms with Crippen LogP contribution in [-0.4, -0.2) is 96.7 Å². The van der Waals surface area contributed by atoms with Gasteiger partial charge in [0.2, 0.25) is 5.91 Å². The molecule has 4 aromatic carbocycles. The Labute approximate surface area is 329 Å². The monoisotopic (exact) mass is 784 g/mol. The SMILES string of the molecule is CC.CCc1cccc(-c2cc(F)c(C(=O)NCCOCCNCC(=O)N3CCN(C(=O)c4cc(Cc5n[nH]c(=O)c6ccccc56)ccc4F)CC3)c(F)c2)c1. The van der Waals surface area contributed by atoms with Crippen molar-refractivity contribution in [3.63, 3.8) is 0 Å². The quantitative estimate of drug-likeness (QED) is 0.127. The van der Waals surface area contributed by atoms with E-state index in [1.807, 2.05) is 39.0 Å². The van der Waals surface area contributed by atoms with E-state index in [4.69, 9.17) is 4.74 Å². The van der Waals surface area contributed by atoms with Gasteiger partial charge in [0.25, 0.3) is 17.4 Å². The first-order chi connectivity index (χ1) is 27.6. The molecule has 0 spiro atoms. The fourth-order valence-electron chi connectivity index (χ4n) is 6.48. The highest BCUT2D eigenvalue weighted by Gasteiger charge is 2.27. The first kappa shape index (κ1) is 42.3. The Bertz CT molecular complexity index is 2230. The van der Waals surface area contributed by atoms with E-state index in [-0.39, 0.29) is 75.9 Å². The molecule has 2 heterocycles. The number of benzene rings is 4. The topological polar surface area (TPSA) is 137 Å². The normalized spacial score (nSPS) is 12.6. The van der Waals surface area contributed by atoms with Gasteiger partial charge in [0.05, 0.1) is 36.4 Å². The van der Waals surface area contributed by atoms with Crippen molar-refractivity contribution in [2.45, 2.75) is 33.6 Å². The lowest BCUT2D eigenvalue weighted by Crippen LogP contribution is -2.52. The maximum absolute atomic E-state index is 14.9. The van der Waals surface area contributed by atoms with Crippen LogP contribution in [0.25, 0.3) is 21.9 Å². The number of amides is 3. The van der Waals surface area contributed by atoms with Crippen molar-refractivity contribution >= 4 is 28.5 Å². The zero-order valence-corrected chi connectivity index (χ0v) is 32.3. The van der Waals surface area contributed by atoms with E-state index < -0.39 is 34.8 Å². The van der Waals surface area contributed by atoms with E-state index in [9.17, 15) is 32.3 Å². The van der Waals surface area contributed by atoms with E-state index in [2.05, 4.69) is 20.8 Å². The largest absolute Gasteiger partial charge is 0.378 e. The van der Waals surface area contributed by atoms with Gasteiger partial charge in [-0.25, -0.2) is 18.3 Å². The predicted molar refractivity (Wildman–Crippen MR) is 213 cm³/mol. The van der Waals surface area contributed by atoms with E-state index in [0.717, 1.165) is 24.1 Å². The summed E-state index contributed by atoms with van der Waals surface area (Å²) in [7, 11) is 0. The number of ether oxygens (including phenoxy) is 1. The van der Waals surface area contributed by atoms with Crippen LogP contribution in [-0.2, 0) is 22.4 Å². The molecule has 0 unspecified atom stereocenters. The Morgan fingerprint density at radius 1 is 0.772 bits per heavy atom. The minimum Gasteiger partial charge on any atom is -0.378 e. The fourth-order valence-corrected chi connectivity index (χ4v) is 6.48. The Morgan fingerprint density at radius 3 is 2.18 bits per heavy atom. The molecular formula is C43H47F3N6O5. The Balaban J connectivity index is 0.00000305. The Kier molecular flexibility index (Phi) is 15.1. The maximum atomic E-state index is 14.9. The van der Waals surface area contributed by atoms with Crippen LogP contribution in [0.15, 0.2) is 83.7 Å². The number of fused-ring (bicyclic) bond motifs is 1. The fraction of sp³-hybridized carbons (Fsp3) is 0.326.